The Morgan fingerprint density at radius 3 is 2.75 bits per heavy atom. The lowest BCUT2D eigenvalue weighted by atomic mass is 10.1. The van der Waals surface area contributed by atoms with Crippen molar-refractivity contribution in [3.05, 3.63) is 41.1 Å². The average Bonchev–Trinajstić information content (AvgIpc) is 2.07. The molecule has 0 aliphatic carbocycles. The molecule has 1 rings (SSSR count). The van der Waals surface area contributed by atoms with Crippen LogP contribution in [-0.2, 0) is 0 Å². The molecule has 0 unspecified atom stereocenters. The Balaban J connectivity index is 3.10. The summed E-state index contributed by atoms with van der Waals surface area (Å²) >= 11 is 5.76. The molecule has 0 atom stereocenters. The molecule has 3 heteroatoms. The first-order valence-electron chi connectivity index (χ1n) is 3.46. The Morgan fingerprint density at radius 2 is 2.25 bits per heavy atom. The van der Waals surface area contributed by atoms with Gasteiger partial charge in [0.1, 0.15) is 0 Å². The van der Waals surface area contributed by atoms with Crippen LogP contribution in [-0.4, -0.2) is 6.21 Å². The van der Waals surface area contributed by atoms with E-state index in [1.807, 2.05) is 12.1 Å². The summed E-state index contributed by atoms with van der Waals surface area (Å²) in [6, 6.07) is 7.23. The van der Waals surface area contributed by atoms with Crippen LogP contribution in [0.5, 0.6) is 0 Å². The normalized spacial score (nSPS) is 11.2. The molecule has 0 aromatic heterocycles. The Hall–Kier alpha value is -1.28. The molecular formula is C9H9ClN2. The van der Waals surface area contributed by atoms with Crippen molar-refractivity contribution in [2.45, 2.75) is 0 Å². The third kappa shape index (κ3) is 1.86. The lowest BCUT2D eigenvalue weighted by Crippen LogP contribution is -1.89. The maximum absolute atomic E-state index is 7.05. The number of halogens is 1. The molecule has 0 bridgehead atoms. The van der Waals surface area contributed by atoms with E-state index in [0.29, 0.717) is 10.6 Å². The van der Waals surface area contributed by atoms with Gasteiger partial charge in [0.2, 0.25) is 0 Å². The van der Waals surface area contributed by atoms with Crippen molar-refractivity contribution in [3.63, 3.8) is 0 Å². The van der Waals surface area contributed by atoms with E-state index in [4.69, 9.17) is 22.7 Å². The van der Waals surface area contributed by atoms with Gasteiger partial charge in [-0.25, -0.2) is 0 Å². The van der Waals surface area contributed by atoms with Crippen molar-refractivity contribution < 1.29 is 0 Å². The fourth-order valence-corrected chi connectivity index (χ4v) is 1.09. The number of benzene rings is 1. The van der Waals surface area contributed by atoms with E-state index in [1.54, 1.807) is 12.1 Å². The van der Waals surface area contributed by atoms with Crippen LogP contribution in [0, 0.1) is 5.41 Å². The molecule has 0 fully saturated rings. The van der Waals surface area contributed by atoms with Gasteiger partial charge in [0, 0.05) is 23.0 Å². The monoisotopic (exact) mass is 180 g/mol. The van der Waals surface area contributed by atoms with Crippen molar-refractivity contribution in [1.29, 1.82) is 5.41 Å². The van der Waals surface area contributed by atoms with Gasteiger partial charge in [0.05, 0.1) is 0 Å². The minimum Gasteiger partial charge on any atom is -0.404 e. The largest absolute Gasteiger partial charge is 0.404 e. The molecule has 0 saturated heterocycles. The van der Waals surface area contributed by atoms with E-state index in [9.17, 15) is 0 Å². The van der Waals surface area contributed by atoms with E-state index in [0.717, 1.165) is 5.56 Å². The lowest BCUT2D eigenvalue weighted by Gasteiger charge is -1.99. The summed E-state index contributed by atoms with van der Waals surface area (Å²) in [5.74, 6) is 0. The van der Waals surface area contributed by atoms with Crippen LogP contribution in [0.2, 0.25) is 5.02 Å². The van der Waals surface area contributed by atoms with Gasteiger partial charge < -0.3 is 11.1 Å². The molecule has 0 spiro atoms. The second-order valence-electron chi connectivity index (χ2n) is 2.28. The van der Waals surface area contributed by atoms with Gasteiger partial charge in [0.25, 0.3) is 0 Å². The zero-order valence-corrected chi connectivity index (χ0v) is 7.18. The number of nitrogens with two attached hydrogens (primary N) is 1. The summed E-state index contributed by atoms with van der Waals surface area (Å²) < 4.78 is 0. The van der Waals surface area contributed by atoms with Crippen molar-refractivity contribution in [3.8, 4) is 0 Å². The highest BCUT2D eigenvalue weighted by atomic mass is 35.5. The zero-order valence-electron chi connectivity index (χ0n) is 6.42. The highest BCUT2D eigenvalue weighted by Gasteiger charge is 1.96. The fourth-order valence-electron chi connectivity index (χ4n) is 0.896. The van der Waals surface area contributed by atoms with Gasteiger partial charge in [-0.1, -0.05) is 23.7 Å². The summed E-state index contributed by atoms with van der Waals surface area (Å²) in [7, 11) is 0. The molecule has 0 amide bonds. The molecule has 1 aromatic carbocycles. The SMILES string of the molecule is N=C/C(=C\N)c1cccc(Cl)c1. The molecule has 2 nitrogen and oxygen atoms in total. The Bertz CT molecular complexity index is 318. The predicted octanol–water partition coefficient (Wildman–Crippen LogP) is 2.29. The number of rotatable bonds is 2. The maximum atomic E-state index is 7.05. The van der Waals surface area contributed by atoms with E-state index in [-0.39, 0.29) is 0 Å². The van der Waals surface area contributed by atoms with Crippen LogP contribution >= 0.6 is 11.6 Å². The first-order valence-corrected chi connectivity index (χ1v) is 3.84. The zero-order chi connectivity index (χ0) is 8.97. The molecule has 1 aromatic rings. The minimum atomic E-state index is 0.647. The first-order chi connectivity index (χ1) is 5.77. The van der Waals surface area contributed by atoms with E-state index >= 15 is 0 Å². The fraction of sp³-hybridized carbons (Fsp3) is 0. The molecule has 12 heavy (non-hydrogen) atoms. The summed E-state index contributed by atoms with van der Waals surface area (Å²) in [5, 5.41) is 7.70. The van der Waals surface area contributed by atoms with Crippen molar-refractivity contribution in [1.82, 2.24) is 0 Å². The van der Waals surface area contributed by atoms with Gasteiger partial charge in [-0.3, -0.25) is 0 Å². The molecule has 0 heterocycles. The third-order valence-corrected chi connectivity index (χ3v) is 1.73. The van der Waals surface area contributed by atoms with Crippen LogP contribution in [0.4, 0.5) is 0 Å². The van der Waals surface area contributed by atoms with Crippen LogP contribution in [0.15, 0.2) is 30.5 Å². The number of nitrogens with one attached hydrogen (secondary N) is 1. The van der Waals surface area contributed by atoms with Crippen molar-refractivity contribution in [2.24, 2.45) is 5.73 Å². The van der Waals surface area contributed by atoms with Gasteiger partial charge in [-0.15, -0.1) is 0 Å². The highest BCUT2D eigenvalue weighted by molar-refractivity contribution is 6.31. The van der Waals surface area contributed by atoms with Crippen LogP contribution in [0.25, 0.3) is 5.57 Å². The van der Waals surface area contributed by atoms with Crippen LogP contribution in [0.3, 0.4) is 0 Å². The minimum absolute atomic E-state index is 0.647. The van der Waals surface area contributed by atoms with E-state index < -0.39 is 0 Å². The van der Waals surface area contributed by atoms with Gasteiger partial charge in [-0.2, -0.15) is 0 Å². The second-order valence-corrected chi connectivity index (χ2v) is 2.71. The average molecular weight is 181 g/mol. The number of hydrogen-bond donors (Lipinski definition) is 2. The molecule has 3 N–H and O–H groups in total. The van der Waals surface area contributed by atoms with E-state index in [1.165, 1.54) is 12.4 Å². The lowest BCUT2D eigenvalue weighted by molar-refractivity contribution is 1.53. The topological polar surface area (TPSA) is 49.9 Å². The van der Waals surface area contributed by atoms with Gasteiger partial charge >= 0.3 is 0 Å². The molecule has 0 radical (unpaired) electrons. The molecule has 0 aliphatic heterocycles. The Morgan fingerprint density at radius 1 is 1.50 bits per heavy atom. The maximum Gasteiger partial charge on any atom is 0.0412 e. The quantitative estimate of drug-likeness (QED) is 0.675. The predicted molar refractivity (Wildman–Crippen MR) is 52.4 cm³/mol. The van der Waals surface area contributed by atoms with Crippen LogP contribution in [0.1, 0.15) is 5.56 Å². The second kappa shape index (κ2) is 3.93. The van der Waals surface area contributed by atoms with Crippen molar-refractivity contribution in [2.75, 3.05) is 0 Å². The summed E-state index contributed by atoms with van der Waals surface area (Å²) in [6.07, 6.45) is 2.59. The summed E-state index contributed by atoms with van der Waals surface area (Å²) in [6.45, 7) is 0. The molecular weight excluding hydrogens is 172 g/mol. The van der Waals surface area contributed by atoms with Gasteiger partial charge in [-0.05, 0) is 17.7 Å². The highest BCUT2D eigenvalue weighted by Crippen LogP contribution is 2.16. The Kier molecular flexibility index (Phi) is 2.88. The van der Waals surface area contributed by atoms with Gasteiger partial charge in [0.15, 0.2) is 0 Å². The summed E-state index contributed by atoms with van der Waals surface area (Å²) in [5.41, 5.74) is 6.83. The van der Waals surface area contributed by atoms with E-state index in [2.05, 4.69) is 0 Å². The van der Waals surface area contributed by atoms with Crippen LogP contribution < -0.4 is 5.73 Å². The molecule has 62 valence electrons. The number of hydrogen-bond acceptors (Lipinski definition) is 2. The first kappa shape index (κ1) is 8.81. The standard InChI is InChI=1S/C9H9ClN2/c10-9-3-1-2-7(4-9)8(5-11)6-12/h1-6,11H,12H2/b8-6+,11-5?. The Labute approximate surface area is 76.2 Å². The third-order valence-electron chi connectivity index (χ3n) is 1.49. The molecule has 0 saturated carbocycles. The summed E-state index contributed by atoms with van der Waals surface area (Å²) in [4.78, 5) is 0. The number of allylic oxidation sites excluding steroid dienone is 1. The smallest absolute Gasteiger partial charge is 0.0412 e. The van der Waals surface area contributed by atoms with Crippen molar-refractivity contribution >= 4 is 23.4 Å². The molecule has 0 aliphatic rings.